The molecule has 158 valence electrons. The van der Waals surface area contributed by atoms with E-state index in [4.69, 9.17) is 19.7 Å². The zero-order chi connectivity index (χ0) is 21.3. The Morgan fingerprint density at radius 2 is 1.71 bits per heavy atom. The van der Waals surface area contributed by atoms with E-state index in [0.717, 1.165) is 43.5 Å². The minimum absolute atomic E-state index is 0.100. The van der Waals surface area contributed by atoms with Crippen molar-refractivity contribution in [2.24, 2.45) is 5.92 Å². The van der Waals surface area contributed by atoms with Gasteiger partial charge in [0.05, 0.1) is 5.92 Å². The molecule has 1 saturated carbocycles. The molecule has 1 unspecified atom stereocenters. The van der Waals surface area contributed by atoms with Gasteiger partial charge in [-0.1, -0.05) is 18.2 Å². The topological polar surface area (TPSA) is 95.9 Å². The normalized spacial score (nSPS) is 20.5. The number of carboxylic acids is 2. The SMILES string of the molecule is Cc1ccccc1OC(C)CNC1CCC(C(=O)O)CC1.O=C(O)C(F)(F)F. The van der Waals surface area contributed by atoms with Crippen LogP contribution in [0.3, 0.4) is 0 Å². The smallest absolute Gasteiger partial charge is 0.489 e. The van der Waals surface area contributed by atoms with Gasteiger partial charge in [-0.25, -0.2) is 4.79 Å². The summed E-state index contributed by atoms with van der Waals surface area (Å²) in [5.41, 5.74) is 1.14. The second kappa shape index (κ2) is 10.9. The summed E-state index contributed by atoms with van der Waals surface area (Å²) in [7, 11) is 0. The number of hydrogen-bond donors (Lipinski definition) is 3. The lowest BCUT2D eigenvalue weighted by atomic mass is 9.86. The van der Waals surface area contributed by atoms with Crippen molar-refractivity contribution in [2.45, 2.75) is 57.9 Å². The Hall–Kier alpha value is -2.29. The van der Waals surface area contributed by atoms with Crippen LogP contribution >= 0.6 is 0 Å². The maximum Gasteiger partial charge on any atom is 0.490 e. The predicted octanol–water partition coefficient (Wildman–Crippen LogP) is 3.63. The summed E-state index contributed by atoms with van der Waals surface area (Å²) >= 11 is 0. The number of alkyl halides is 3. The molecule has 0 amide bonds. The van der Waals surface area contributed by atoms with E-state index in [2.05, 4.69) is 12.2 Å². The van der Waals surface area contributed by atoms with Crippen LogP contribution in [-0.2, 0) is 9.59 Å². The average molecular weight is 405 g/mol. The van der Waals surface area contributed by atoms with Crippen molar-refractivity contribution >= 4 is 11.9 Å². The van der Waals surface area contributed by atoms with Gasteiger partial charge in [0.25, 0.3) is 0 Å². The molecule has 0 radical (unpaired) electrons. The van der Waals surface area contributed by atoms with E-state index >= 15 is 0 Å². The summed E-state index contributed by atoms with van der Waals surface area (Å²) in [5.74, 6) is -2.62. The van der Waals surface area contributed by atoms with Crippen molar-refractivity contribution in [1.82, 2.24) is 5.32 Å². The van der Waals surface area contributed by atoms with Crippen LogP contribution < -0.4 is 10.1 Å². The molecule has 0 heterocycles. The molecule has 1 aromatic rings. The van der Waals surface area contributed by atoms with Crippen LogP contribution in [0.4, 0.5) is 13.2 Å². The lowest BCUT2D eigenvalue weighted by Crippen LogP contribution is -2.39. The first kappa shape index (κ1) is 23.7. The Balaban J connectivity index is 0.000000480. The number of hydrogen-bond acceptors (Lipinski definition) is 4. The largest absolute Gasteiger partial charge is 0.490 e. The zero-order valence-corrected chi connectivity index (χ0v) is 15.8. The van der Waals surface area contributed by atoms with Gasteiger partial charge < -0.3 is 20.3 Å². The molecule has 1 fully saturated rings. The molecule has 1 atom stereocenters. The van der Waals surface area contributed by atoms with Crippen molar-refractivity contribution < 1.29 is 37.7 Å². The first-order chi connectivity index (χ1) is 13.0. The molecular weight excluding hydrogens is 379 g/mol. The number of para-hydroxylation sites is 1. The summed E-state index contributed by atoms with van der Waals surface area (Å²) in [6.07, 6.45) is -1.55. The number of aryl methyl sites for hydroxylation is 1. The fraction of sp³-hybridized carbons (Fsp3) is 0.579. The summed E-state index contributed by atoms with van der Waals surface area (Å²) in [4.78, 5) is 19.8. The number of carbonyl (C=O) groups is 2. The molecule has 1 aliphatic rings. The Kier molecular flexibility index (Phi) is 9.24. The monoisotopic (exact) mass is 405 g/mol. The van der Waals surface area contributed by atoms with Gasteiger partial charge in [0.15, 0.2) is 0 Å². The molecule has 6 nitrogen and oxygen atoms in total. The van der Waals surface area contributed by atoms with Gasteiger partial charge >= 0.3 is 18.1 Å². The third kappa shape index (κ3) is 8.60. The maximum absolute atomic E-state index is 10.9. The minimum atomic E-state index is -5.08. The van der Waals surface area contributed by atoms with Crippen molar-refractivity contribution in [3.63, 3.8) is 0 Å². The number of nitrogens with one attached hydrogen (secondary N) is 1. The van der Waals surface area contributed by atoms with Gasteiger partial charge in [0, 0.05) is 12.6 Å². The second-order valence-electron chi connectivity index (χ2n) is 6.79. The predicted molar refractivity (Wildman–Crippen MR) is 96.3 cm³/mol. The second-order valence-corrected chi connectivity index (χ2v) is 6.79. The van der Waals surface area contributed by atoms with Crippen LogP contribution in [0.1, 0.15) is 38.2 Å². The molecule has 0 spiro atoms. The highest BCUT2D eigenvalue weighted by Crippen LogP contribution is 2.24. The zero-order valence-electron chi connectivity index (χ0n) is 15.8. The summed E-state index contributed by atoms with van der Waals surface area (Å²) in [5, 5.41) is 19.6. The van der Waals surface area contributed by atoms with Crippen LogP contribution in [0.15, 0.2) is 24.3 Å². The molecule has 28 heavy (non-hydrogen) atoms. The van der Waals surface area contributed by atoms with Gasteiger partial charge in [-0.2, -0.15) is 13.2 Å². The molecule has 0 aromatic heterocycles. The van der Waals surface area contributed by atoms with Gasteiger partial charge in [0.2, 0.25) is 0 Å². The Morgan fingerprint density at radius 3 is 2.18 bits per heavy atom. The number of carboxylic acid groups (broad SMARTS) is 2. The van der Waals surface area contributed by atoms with E-state index in [1.165, 1.54) is 0 Å². The Bertz CT molecular complexity index is 643. The first-order valence-electron chi connectivity index (χ1n) is 8.99. The highest BCUT2D eigenvalue weighted by atomic mass is 19.4. The molecular formula is C19H26F3NO5. The van der Waals surface area contributed by atoms with E-state index < -0.39 is 18.1 Å². The van der Waals surface area contributed by atoms with E-state index in [0.29, 0.717) is 6.04 Å². The number of aliphatic carboxylic acids is 2. The van der Waals surface area contributed by atoms with Crippen molar-refractivity contribution in [3.8, 4) is 5.75 Å². The van der Waals surface area contributed by atoms with Crippen LogP contribution in [0, 0.1) is 12.8 Å². The molecule has 9 heteroatoms. The van der Waals surface area contributed by atoms with Crippen LogP contribution in [0.2, 0.25) is 0 Å². The van der Waals surface area contributed by atoms with E-state index in [1.807, 2.05) is 31.2 Å². The lowest BCUT2D eigenvalue weighted by Gasteiger charge is -2.28. The van der Waals surface area contributed by atoms with Crippen LogP contribution in [0.25, 0.3) is 0 Å². The van der Waals surface area contributed by atoms with Crippen molar-refractivity contribution in [1.29, 1.82) is 0 Å². The van der Waals surface area contributed by atoms with Crippen molar-refractivity contribution in [3.05, 3.63) is 29.8 Å². The van der Waals surface area contributed by atoms with Crippen LogP contribution in [-0.4, -0.2) is 47.0 Å². The highest BCUT2D eigenvalue weighted by molar-refractivity contribution is 5.73. The molecule has 0 saturated heterocycles. The maximum atomic E-state index is 10.9. The lowest BCUT2D eigenvalue weighted by molar-refractivity contribution is -0.192. The number of rotatable bonds is 6. The third-order valence-corrected chi connectivity index (χ3v) is 4.43. The highest BCUT2D eigenvalue weighted by Gasteiger charge is 2.38. The third-order valence-electron chi connectivity index (χ3n) is 4.43. The number of halogens is 3. The van der Waals surface area contributed by atoms with Gasteiger partial charge in [-0.15, -0.1) is 0 Å². The van der Waals surface area contributed by atoms with Crippen molar-refractivity contribution in [2.75, 3.05) is 6.54 Å². The summed E-state index contributed by atoms with van der Waals surface area (Å²) < 4.78 is 37.7. The van der Waals surface area contributed by atoms with E-state index in [9.17, 15) is 18.0 Å². The van der Waals surface area contributed by atoms with E-state index in [1.54, 1.807) is 0 Å². The Labute approximate surface area is 161 Å². The number of ether oxygens (including phenoxy) is 1. The van der Waals surface area contributed by atoms with Gasteiger partial charge in [-0.05, 0) is 51.2 Å². The fourth-order valence-electron chi connectivity index (χ4n) is 2.82. The molecule has 2 rings (SSSR count). The fourth-order valence-corrected chi connectivity index (χ4v) is 2.82. The van der Waals surface area contributed by atoms with Gasteiger partial charge in [0.1, 0.15) is 11.9 Å². The quantitative estimate of drug-likeness (QED) is 0.669. The van der Waals surface area contributed by atoms with Crippen LogP contribution in [0.5, 0.6) is 5.75 Å². The average Bonchev–Trinajstić information content (AvgIpc) is 2.62. The standard InChI is InChI=1S/C17H25NO3.C2HF3O2/c1-12-5-3-4-6-16(12)21-13(2)11-18-15-9-7-14(8-10-15)17(19)20;3-2(4,5)1(6)7/h3-6,13-15,18H,7-11H2,1-2H3,(H,19,20);(H,6,7). The summed E-state index contributed by atoms with van der Waals surface area (Å²) in [6.45, 7) is 4.89. The van der Waals surface area contributed by atoms with Gasteiger partial charge in [-0.3, -0.25) is 4.79 Å². The number of benzene rings is 1. The first-order valence-corrected chi connectivity index (χ1v) is 8.99. The summed E-state index contributed by atoms with van der Waals surface area (Å²) in [6, 6.07) is 8.44. The minimum Gasteiger partial charge on any atom is -0.489 e. The molecule has 1 aliphatic carbocycles. The molecule has 3 N–H and O–H groups in total. The molecule has 1 aromatic carbocycles. The Morgan fingerprint density at radius 1 is 1.18 bits per heavy atom. The molecule has 0 aliphatic heterocycles. The van der Waals surface area contributed by atoms with E-state index in [-0.39, 0.29) is 12.0 Å². The molecule has 0 bridgehead atoms.